The number of nitrogens with one attached hydrogen (secondary N) is 3. The van der Waals surface area contributed by atoms with E-state index in [1.165, 1.54) is 12.5 Å². The van der Waals surface area contributed by atoms with Crippen molar-refractivity contribution in [3.8, 4) is 0 Å². The van der Waals surface area contributed by atoms with Crippen LogP contribution in [0.4, 0.5) is 14.5 Å². The van der Waals surface area contributed by atoms with Crippen molar-refractivity contribution in [2.24, 2.45) is 5.73 Å². The Hall–Kier alpha value is -4.15. The average molecular weight is 567 g/mol. The van der Waals surface area contributed by atoms with Gasteiger partial charge < -0.3 is 26.8 Å². The number of aliphatic hydroxyl groups excluding tert-OH is 1. The highest BCUT2D eigenvalue weighted by Crippen LogP contribution is 2.22. The highest BCUT2D eigenvalue weighted by atomic mass is 19.1. The van der Waals surface area contributed by atoms with Crippen LogP contribution in [-0.2, 0) is 33.8 Å². The summed E-state index contributed by atoms with van der Waals surface area (Å²) in [6.45, 7) is 3.98. The van der Waals surface area contributed by atoms with Gasteiger partial charge in [-0.05, 0) is 59.4 Å². The topological polar surface area (TPSA) is 134 Å². The molecular weight excluding hydrogens is 530 g/mol. The smallest absolute Gasteiger partial charge is 0.225 e. The summed E-state index contributed by atoms with van der Waals surface area (Å²) in [6, 6.07) is 16.5. The second kappa shape index (κ2) is 15.0. The Morgan fingerprint density at radius 3 is 2.20 bits per heavy atom. The van der Waals surface area contributed by atoms with Crippen LogP contribution in [0.1, 0.15) is 48.4 Å². The summed E-state index contributed by atoms with van der Waals surface area (Å²) in [4.78, 5) is 36.6. The third-order valence-electron chi connectivity index (χ3n) is 6.64. The van der Waals surface area contributed by atoms with Crippen molar-refractivity contribution < 1.29 is 28.3 Å². The number of aliphatic hydroxyl groups is 1. The monoisotopic (exact) mass is 566 g/mol. The number of carbonyl (C=O) groups excluding carboxylic acids is 3. The first kappa shape index (κ1) is 31.4. The largest absolute Gasteiger partial charge is 0.390 e. The number of amides is 3. The van der Waals surface area contributed by atoms with Gasteiger partial charge in [0.05, 0.1) is 18.1 Å². The number of carbonyl (C=O) groups is 3. The number of rotatable bonds is 14. The minimum Gasteiger partial charge on any atom is -0.390 e. The van der Waals surface area contributed by atoms with Crippen molar-refractivity contribution in [1.82, 2.24) is 10.6 Å². The average Bonchev–Trinajstić information content (AvgIpc) is 2.91. The molecule has 0 bridgehead atoms. The van der Waals surface area contributed by atoms with Crippen LogP contribution in [0.2, 0.25) is 0 Å². The molecule has 0 aliphatic rings. The van der Waals surface area contributed by atoms with Gasteiger partial charge in [-0.2, -0.15) is 0 Å². The van der Waals surface area contributed by atoms with E-state index in [4.69, 9.17) is 5.73 Å². The van der Waals surface area contributed by atoms with Crippen molar-refractivity contribution in [3.63, 3.8) is 0 Å². The Labute approximate surface area is 238 Å². The molecule has 1 unspecified atom stereocenters. The van der Waals surface area contributed by atoms with Crippen LogP contribution in [0, 0.1) is 11.6 Å². The molecule has 0 spiro atoms. The summed E-state index contributed by atoms with van der Waals surface area (Å²) < 4.78 is 27.7. The Morgan fingerprint density at radius 1 is 0.927 bits per heavy atom. The third kappa shape index (κ3) is 10.1. The van der Waals surface area contributed by atoms with Crippen LogP contribution in [-0.4, -0.2) is 41.5 Å². The lowest BCUT2D eigenvalue weighted by Crippen LogP contribution is -2.49. The number of nitrogens with two attached hydrogens (primary N) is 1. The predicted molar refractivity (Wildman–Crippen MR) is 153 cm³/mol. The molecule has 0 radical (unpaired) electrons. The van der Waals surface area contributed by atoms with Crippen LogP contribution in [0.3, 0.4) is 0 Å². The number of hydrogen-bond acceptors (Lipinski definition) is 5. The molecule has 0 heterocycles. The summed E-state index contributed by atoms with van der Waals surface area (Å²) in [7, 11) is 0. The molecule has 6 N–H and O–H groups in total. The zero-order valence-electron chi connectivity index (χ0n) is 23.1. The molecule has 8 nitrogen and oxygen atoms in total. The highest BCUT2D eigenvalue weighted by molar-refractivity contribution is 5.90. The maximum absolute atomic E-state index is 13.9. The summed E-state index contributed by atoms with van der Waals surface area (Å²) in [5.74, 6) is -4.08. The van der Waals surface area contributed by atoms with Gasteiger partial charge in [0, 0.05) is 38.2 Å². The molecule has 218 valence electrons. The molecule has 3 rings (SSSR count). The number of halogens is 2. The number of primary amides is 1. The van der Waals surface area contributed by atoms with Crippen molar-refractivity contribution in [2.45, 2.75) is 57.7 Å². The summed E-state index contributed by atoms with van der Waals surface area (Å²) in [5, 5.41) is 19.5. The van der Waals surface area contributed by atoms with Crippen LogP contribution < -0.4 is 21.7 Å². The molecule has 0 aromatic heterocycles. The molecule has 0 aliphatic heterocycles. The molecule has 3 aromatic carbocycles. The summed E-state index contributed by atoms with van der Waals surface area (Å²) in [5.41, 5.74) is 9.05. The van der Waals surface area contributed by atoms with Crippen molar-refractivity contribution in [2.75, 3.05) is 11.9 Å². The normalized spacial score (nSPS) is 13.2. The summed E-state index contributed by atoms with van der Waals surface area (Å²) in [6.07, 6.45) is -0.599. The van der Waals surface area contributed by atoms with E-state index in [1.54, 1.807) is 24.3 Å². The van der Waals surface area contributed by atoms with Gasteiger partial charge in [-0.1, -0.05) is 43.3 Å². The van der Waals surface area contributed by atoms with Gasteiger partial charge in [0.2, 0.25) is 17.7 Å². The Bertz CT molecular complexity index is 1330. The lowest BCUT2D eigenvalue weighted by atomic mass is 9.93. The van der Waals surface area contributed by atoms with Crippen LogP contribution >= 0.6 is 0 Å². The number of hydrogen-bond donors (Lipinski definition) is 5. The maximum atomic E-state index is 13.9. The van der Waals surface area contributed by atoms with Gasteiger partial charge in [-0.15, -0.1) is 0 Å². The second-order valence-electron chi connectivity index (χ2n) is 9.99. The van der Waals surface area contributed by atoms with Crippen molar-refractivity contribution >= 4 is 23.4 Å². The molecule has 0 saturated heterocycles. The number of anilines is 1. The van der Waals surface area contributed by atoms with Crippen molar-refractivity contribution in [1.29, 1.82) is 0 Å². The first-order valence-corrected chi connectivity index (χ1v) is 13.4. The van der Waals surface area contributed by atoms with Gasteiger partial charge in [-0.3, -0.25) is 14.4 Å². The third-order valence-corrected chi connectivity index (χ3v) is 6.64. The standard InChI is InChI=1S/C31H36F2N4O4/c1-3-20-5-4-6-21(11-20)17-35-18-29(39)28(14-22-12-24(32)15-25(33)13-22)37-30(40)16-27(31(34)41)23-7-9-26(10-8-23)36-19(2)38/h4-13,15,27-29,35,39H,3,14,16-18H2,1-2H3,(H2,34,41)(H,36,38)(H,37,40)/t27?,28-,29+/m0/s1. The molecule has 10 heteroatoms. The van der Waals surface area contributed by atoms with E-state index in [9.17, 15) is 28.3 Å². The predicted octanol–water partition coefficient (Wildman–Crippen LogP) is 3.32. The Balaban J connectivity index is 1.72. The molecule has 41 heavy (non-hydrogen) atoms. The van der Waals surface area contributed by atoms with Gasteiger partial charge in [0.1, 0.15) is 11.6 Å². The number of benzene rings is 3. The van der Waals surface area contributed by atoms with Gasteiger partial charge in [0.15, 0.2) is 0 Å². The first-order valence-electron chi connectivity index (χ1n) is 13.4. The van der Waals surface area contributed by atoms with Crippen LogP contribution in [0.25, 0.3) is 0 Å². The van der Waals surface area contributed by atoms with E-state index >= 15 is 0 Å². The lowest BCUT2D eigenvalue weighted by Gasteiger charge is -2.26. The van der Waals surface area contributed by atoms with Crippen LogP contribution in [0.15, 0.2) is 66.7 Å². The fourth-order valence-electron chi connectivity index (χ4n) is 4.57. The van der Waals surface area contributed by atoms with E-state index in [0.717, 1.165) is 30.2 Å². The molecule has 0 fully saturated rings. The zero-order valence-corrected chi connectivity index (χ0v) is 23.1. The SMILES string of the molecule is CCc1cccc(CNC[C@@H](O)[C@H](Cc2cc(F)cc(F)c2)NC(=O)CC(C(N)=O)c2ccc(NC(C)=O)cc2)c1. The van der Waals surface area contributed by atoms with Crippen LogP contribution in [0.5, 0.6) is 0 Å². The lowest BCUT2D eigenvalue weighted by molar-refractivity contribution is -0.127. The fourth-order valence-corrected chi connectivity index (χ4v) is 4.57. The first-order chi connectivity index (χ1) is 19.5. The van der Waals surface area contributed by atoms with Crippen molar-refractivity contribution in [3.05, 3.63) is 101 Å². The van der Waals surface area contributed by atoms with E-state index < -0.39 is 41.5 Å². The zero-order chi connectivity index (χ0) is 29.9. The van der Waals surface area contributed by atoms with E-state index in [0.29, 0.717) is 17.8 Å². The van der Waals surface area contributed by atoms with E-state index in [1.807, 2.05) is 18.2 Å². The molecule has 0 saturated carbocycles. The number of aryl methyl sites for hydroxylation is 1. The fraction of sp³-hybridized carbons (Fsp3) is 0.323. The van der Waals surface area contributed by atoms with E-state index in [-0.39, 0.29) is 30.9 Å². The highest BCUT2D eigenvalue weighted by Gasteiger charge is 2.26. The van der Waals surface area contributed by atoms with Gasteiger partial charge >= 0.3 is 0 Å². The molecule has 3 atom stereocenters. The quantitative estimate of drug-likeness (QED) is 0.204. The molecule has 3 aromatic rings. The maximum Gasteiger partial charge on any atom is 0.225 e. The Morgan fingerprint density at radius 2 is 1.59 bits per heavy atom. The minimum absolute atomic E-state index is 0.0543. The molecular formula is C31H36F2N4O4. The molecule has 0 aliphatic carbocycles. The summed E-state index contributed by atoms with van der Waals surface area (Å²) >= 11 is 0. The molecule has 3 amide bonds. The van der Waals surface area contributed by atoms with Gasteiger partial charge in [0.25, 0.3) is 0 Å². The second-order valence-corrected chi connectivity index (χ2v) is 9.99. The van der Waals surface area contributed by atoms with Gasteiger partial charge in [-0.25, -0.2) is 8.78 Å². The Kier molecular flexibility index (Phi) is 11.5. The van der Waals surface area contributed by atoms with E-state index in [2.05, 4.69) is 28.9 Å². The minimum atomic E-state index is -1.12.